The van der Waals surface area contributed by atoms with E-state index in [2.05, 4.69) is 5.32 Å². The number of halogens is 3. The van der Waals surface area contributed by atoms with Crippen LogP contribution in [-0.4, -0.2) is 61.5 Å². The molecule has 1 aromatic carbocycles. The van der Waals surface area contributed by atoms with Crippen molar-refractivity contribution in [3.8, 4) is 0 Å². The summed E-state index contributed by atoms with van der Waals surface area (Å²) in [5.41, 5.74) is 3.95. The van der Waals surface area contributed by atoms with Gasteiger partial charge in [0.1, 0.15) is 6.61 Å². The molecule has 33 heavy (non-hydrogen) atoms. The molecule has 1 aliphatic heterocycles. The zero-order chi connectivity index (χ0) is 24.9. The lowest BCUT2D eigenvalue weighted by molar-refractivity contribution is -0.138. The Balaban J connectivity index is 2.36. The minimum atomic E-state index is -4.78. The number of alkyl halides is 3. The highest BCUT2D eigenvalue weighted by molar-refractivity contribution is 6.09. The molecule has 1 fully saturated rings. The van der Waals surface area contributed by atoms with Gasteiger partial charge in [-0.3, -0.25) is 19.3 Å². The molecule has 2 rings (SSSR count). The number of rotatable bonds is 9. The van der Waals surface area contributed by atoms with Crippen molar-refractivity contribution >= 4 is 29.1 Å². The number of amides is 3. The first-order chi connectivity index (χ1) is 15.3. The molecule has 0 bridgehead atoms. The Bertz CT molecular complexity index is 864. The predicted molar refractivity (Wildman–Crippen MR) is 117 cm³/mol. The Morgan fingerprint density at radius 1 is 1.18 bits per heavy atom. The van der Waals surface area contributed by atoms with Gasteiger partial charge in [0.05, 0.1) is 17.9 Å². The minimum absolute atomic E-state index is 0.0171. The first kappa shape index (κ1) is 26.6. The van der Waals surface area contributed by atoms with Gasteiger partial charge >= 0.3 is 6.18 Å². The van der Waals surface area contributed by atoms with Gasteiger partial charge in [0.25, 0.3) is 11.8 Å². The Morgan fingerprint density at radius 3 is 2.27 bits per heavy atom. The molecule has 1 saturated heterocycles. The van der Waals surface area contributed by atoms with Gasteiger partial charge in [0.15, 0.2) is 6.04 Å². The lowest BCUT2D eigenvalue weighted by Crippen LogP contribution is -2.54. The third kappa shape index (κ3) is 7.16. The summed E-state index contributed by atoms with van der Waals surface area (Å²) in [5.74, 6) is -2.04. The molecule has 0 saturated carbocycles. The zero-order valence-corrected chi connectivity index (χ0v) is 19.2. The number of benzene rings is 1. The summed E-state index contributed by atoms with van der Waals surface area (Å²) < 4.78 is 46.3. The lowest BCUT2D eigenvalue weighted by Gasteiger charge is -2.32. The third-order valence-corrected chi connectivity index (χ3v) is 4.93. The average molecular weight is 473 g/mol. The molecule has 1 atom stereocenters. The highest BCUT2D eigenvalue weighted by Crippen LogP contribution is 2.38. The number of nitrogens with two attached hydrogens (primary N) is 1. The Labute approximate surface area is 191 Å². The molecule has 1 heterocycles. The number of hydrogen-bond acceptors (Lipinski definition) is 5. The van der Waals surface area contributed by atoms with E-state index in [0.29, 0.717) is 13.1 Å². The maximum atomic E-state index is 13.8. The van der Waals surface area contributed by atoms with Gasteiger partial charge in [-0.2, -0.15) is 13.2 Å². The van der Waals surface area contributed by atoms with Gasteiger partial charge < -0.3 is 20.7 Å². The molecule has 0 aromatic heterocycles. The van der Waals surface area contributed by atoms with Crippen LogP contribution in [-0.2, 0) is 25.3 Å². The van der Waals surface area contributed by atoms with Gasteiger partial charge in [-0.25, -0.2) is 0 Å². The molecule has 3 N–H and O–H groups in total. The van der Waals surface area contributed by atoms with Gasteiger partial charge in [0.2, 0.25) is 5.91 Å². The van der Waals surface area contributed by atoms with E-state index in [-0.39, 0.29) is 43.0 Å². The molecule has 184 valence electrons. The summed E-state index contributed by atoms with van der Waals surface area (Å²) in [7, 11) is 0. The molecule has 3 amide bonds. The molecule has 8 nitrogen and oxygen atoms in total. The summed E-state index contributed by atoms with van der Waals surface area (Å²) >= 11 is 0. The smallest absolute Gasteiger partial charge is 0.370 e. The molecule has 0 unspecified atom stereocenters. The SMILES string of the molecule is CC(C)CN(CC(C)C)[C@H](C(N)=O)C(=O)Nc1ccc(N2CCOCC2=O)c(C(F)(F)F)c1. The number of hydrogen-bond donors (Lipinski definition) is 2. The zero-order valence-electron chi connectivity index (χ0n) is 19.2. The fraction of sp³-hybridized carbons (Fsp3) is 0.591. The second-order valence-electron chi connectivity index (χ2n) is 8.86. The third-order valence-electron chi connectivity index (χ3n) is 4.93. The summed E-state index contributed by atoms with van der Waals surface area (Å²) in [4.78, 5) is 39.8. The van der Waals surface area contributed by atoms with Crippen LogP contribution in [0.5, 0.6) is 0 Å². The number of anilines is 2. The lowest BCUT2D eigenvalue weighted by atomic mass is 10.1. The van der Waals surface area contributed by atoms with E-state index in [4.69, 9.17) is 10.5 Å². The Kier molecular flexibility index (Phi) is 8.84. The monoisotopic (exact) mass is 472 g/mol. The molecule has 11 heteroatoms. The summed E-state index contributed by atoms with van der Waals surface area (Å²) in [6, 6.07) is 1.80. The first-order valence-electron chi connectivity index (χ1n) is 10.7. The second kappa shape index (κ2) is 11.0. The summed E-state index contributed by atoms with van der Waals surface area (Å²) in [6.45, 7) is 8.29. The van der Waals surface area contributed by atoms with Crippen molar-refractivity contribution in [2.45, 2.75) is 39.9 Å². The van der Waals surface area contributed by atoms with Crippen LogP contribution in [0, 0.1) is 11.8 Å². The van der Waals surface area contributed by atoms with Crippen molar-refractivity contribution in [3.05, 3.63) is 23.8 Å². The molecule has 0 radical (unpaired) electrons. The van der Waals surface area contributed by atoms with Gasteiger partial charge in [-0.1, -0.05) is 27.7 Å². The molecular formula is C22H31F3N4O4. The predicted octanol–water partition coefficient (Wildman–Crippen LogP) is 2.47. The maximum Gasteiger partial charge on any atom is 0.418 e. The number of morpholine rings is 1. The van der Waals surface area contributed by atoms with E-state index in [1.807, 2.05) is 27.7 Å². The average Bonchev–Trinajstić information content (AvgIpc) is 2.66. The van der Waals surface area contributed by atoms with Crippen LogP contribution < -0.4 is 16.0 Å². The standard InChI is InChI=1S/C22H31F3N4O4/c1-13(2)10-28(11-14(3)4)19(20(26)31)21(32)27-15-5-6-17(16(9-15)22(23,24)25)29-7-8-33-12-18(29)30/h5-6,9,13-14,19H,7-8,10-12H2,1-4H3,(H2,26,31)(H,27,32)/t19-/m1/s1. The van der Waals surface area contributed by atoms with Crippen molar-refractivity contribution in [1.82, 2.24) is 4.90 Å². The van der Waals surface area contributed by atoms with Crippen LogP contribution >= 0.6 is 0 Å². The van der Waals surface area contributed by atoms with Crippen LogP contribution in [0.3, 0.4) is 0 Å². The van der Waals surface area contributed by atoms with Crippen molar-refractivity contribution in [2.75, 3.05) is 43.1 Å². The number of primary amides is 1. The van der Waals surface area contributed by atoms with E-state index in [1.54, 1.807) is 4.90 Å². The molecular weight excluding hydrogens is 441 g/mol. The van der Waals surface area contributed by atoms with E-state index in [1.165, 1.54) is 6.07 Å². The fourth-order valence-corrected chi connectivity index (χ4v) is 3.76. The molecule has 0 spiro atoms. The van der Waals surface area contributed by atoms with Crippen LogP contribution in [0.2, 0.25) is 0 Å². The number of ether oxygens (including phenoxy) is 1. The molecule has 0 aliphatic carbocycles. The van der Waals surface area contributed by atoms with E-state index in [0.717, 1.165) is 17.0 Å². The molecule has 1 aliphatic rings. The topological polar surface area (TPSA) is 105 Å². The van der Waals surface area contributed by atoms with Crippen molar-refractivity contribution in [3.63, 3.8) is 0 Å². The van der Waals surface area contributed by atoms with Gasteiger partial charge in [-0.05, 0) is 30.0 Å². The first-order valence-corrected chi connectivity index (χ1v) is 10.7. The number of nitrogens with zero attached hydrogens (tertiary/aromatic N) is 2. The van der Waals surface area contributed by atoms with Crippen molar-refractivity contribution in [2.24, 2.45) is 17.6 Å². The van der Waals surface area contributed by atoms with Gasteiger partial charge in [0, 0.05) is 25.3 Å². The van der Waals surface area contributed by atoms with Crippen molar-refractivity contribution < 1.29 is 32.3 Å². The number of nitrogens with one attached hydrogen (secondary N) is 1. The summed E-state index contributed by atoms with van der Waals surface area (Å²) in [5, 5.41) is 2.39. The van der Waals surface area contributed by atoms with Crippen molar-refractivity contribution in [1.29, 1.82) is 0 Å². The van der Waals surface area contributed by atoms with Crippen LogP contribution in [0.4, 0.5) is 24.5 Å². The molecule has 1 aromatic rings. The highest BCUT2D eigenvalue weighted by Gasteiger charge is 2.38. The number of carbonyl (C=O) groups is 3. The Hall–Kier alpha value is -2.66. The van der Waals surface area contributed by atoms with E-state index < -0.39 is 35.5 Å². The quantitative estimate of drug-likeness (QED) is 0.538. The Morgan fingerprint density at radius 2 is 1.79 bits per heavy atom. The van der Waals surface area contributed by atoms with E-state index >= 15 is 0 Å². The van der Waals surface area contributed by atoms with E-state index in [9.17, 15) is 27.6 Å². The fourth-order valence-electron chi connectivity index (χ4n) is 3.76. The van der Waals surface area contributed by atoms with Crippen LogP contribution in [0.25, 0.3) is 0 Å². The largest absolute Gasteiger partial charge is 0.418 e. The van der Waals surface area contributed by atoms with Crippen LogP contribution in [0.1, 0.15) is 33.3 Å². The highest BCUT2D eigenvalue weighted by atomic mass is 19.4. The second-order valence-corrected chi connectivity index (χ2v) is 8.86. The normalized spacial score (nSPS) is 15.9. The number of carbonyl (C=O) groups excluding carboxylic acids is 3. The maximum absolute atomic E-state index is 13.8. The van der Waals surface area contributed by atoms with Crippen LogP contribution in [0.15, 0.2) is 18.2 Å². The summed E-state index contributed by atoms with van der Waals surface area (Å²) in [6.07, 6.45) is -4.78. The minimum Gasteiger partial charge on any atom is -0.370 e. The van der Waals surface area contributed by atoms with Gasteiger partial charge in [-0.15, -0.1) is 0 Å².